The highest BCUT2D eigenvalue weighted by Gasteiger charge is 2.41. The summed E-state index contributed by atoms with van der Waals surface area (Å²) in [6.07, 6.45) is 2.12. The van der Waals surface area contributed by atoms with Crippen LogP contribution in [0.4, 0.5) is 4.79 Å². The summed E-state index contributed by atoms with van der Waals surface area (Å²) < 4.78 is 0. The van der Waals surface area contributed by atoms with Crippen LogP contribution >= 0.6 is 11.3 Å². The monoisotopic (exact) mass is 280 g/mol. The molecule has 3 rings (SSSR count). The lowest BCUT2D eigenvalue weighted by molar-refractivity contribution is -0.146. The van der Waals surface area contributed by atoms with E-state index >= 15 is 0 Å². The van der Waals surface area contributed by atoms with Crippen molar-refractivity contribution in [2.75, 3.05) is 13.1 Å². The van der Waals surface area contributed by atoms with E-state index in [1.54, 1.807) is 16.2 Å². The van der Waals surface area contributed by atoms with Crippen LogP contribution in [0, 0.1) is 5.92 Å². The van der Waals surface area contributed by atoms with Crippen molar-refractivity contribution < 1.29 is 14.7 Å². The van der Waals surface area contributed by atoms with E-state index in [-0.39, 0.29) is 11.9 Å². The predicted octanol–water partition coefficient (Wildman–Crippen LogP) is 1.85. The number of carboxylic acid groups (broad SMARTS) is 1. The highest BCUT2D eigenvalue weighted by Crippen LogP contribution is 2.31. The summed E-state index contributed by atoms with van der Waals surface area (Å²) in [6, 6.07) is 2.37. The Kier molecular flexibility index (Phi) is 3.18. The zero-order chi connectivity index (χ0) is 13.4. The normalized spacial score (nSPS) is 19.1. The van der Waals surface area contributed by atoms with Crippen LogP contribution in [0.15, 0.2) is 16.8 Å². The zero-order valence-corrected chi connectivity index (χ0v) is 11.3. The molecule has 19 heavy (non-hydrogen) atoms. The second kappa shape index (κ2) is 4.85. The molecule has 2 amide bonds. The van der Waals surface area contributed by atoms with Crippen molar-refractivity contribution in [3.63, 3.8) is 0 Å². The number of carbonyl (C=O) groups is 2. The molecule has 2 heterocycles. The molecule has 0 radical (unpaired) electrons. The van der Waals surface area contributed by atoms with Gasteiger partial charge in [-0.2, -0.15) is 11.3 Å². The maximum absolute atomic E-state index is 12.4. The van der Waals surface area contributed by atoms with Gasteiger partial charge in [0.2, 0.25) is 0 Å². The van der Waals surface area contributed by atoms with Crippen LogP contribution in [0.1, 0.15) is 18.4 Å². The van der Waals surface area contributed by atoms with Gasteiger partial charge in [0.25, 0.3) is 0 Å². The van der Waals surface area contributed by atoms with Gasteiger partial charge in [0.1, 0.15) is 0 Å². The second-order valence-electron chi connectivity index (χ2n) is 5.21. The number of rotatable bonds is 4. The van der Waals surface area contributed by atoms with Crippen LogP contribution in [0.2, 0.25) is 0 Å². The fourth-order valence-corrected chi connectivity index (χ4v) is 2.95. The van der Waals surface area contributed by atoms with E-state index in [9.17, 15) is 9.59 Å². The van der Waals surface area contributed by atoms with E-state index in [1.165, 1.54) is 0 Å². The van der Waals surface area contributed by atoms with Gasteiger partial charge in [-0.1, -0.05) is 0 Å². The Hall–Kier alpha value is -1.56. The predicted molar refractivity (Wildman–Crippen MR) is 71.0 cm³/mol. The lowest BCUT2D eigenvalue weighted by Crippen LogP contribution is -2.57. The van der Waals surface area contributed by atoms with Gasteiger partial charge in [-0.25, -0.2) is 4.79 Å². The van der Waals surface area contributed by atoms with Gasteiger partial charge in [-0.3, -0.25) is 4.79 Å². The Balaban J connectivity index is 1.61. The topological polar surface area (TPSA) is 60.9 Å². The minimum Gasteiger partial charge on any atom is -0.481 e. The van der Waals surface area contributed by atoms with Crippen molar-refractivity contribution in [2.24, 2.45) is 5.92 Å². The zero-order valence-electron chi connectivity index (χ0n) is 10.5. The smallest absolute Gasteiger partial charge is 0.320 e. The molecule has 0 bridgehead atoms. The number of likely N-dealkylation sites (tertiary alicyclic amines) is 1. The molecule has 102 valence electrons. The first-order chi connectivity index (χ1) is 9.15. The summed E-state index contributed by atoms with van der Waals surface area (Å²) in [5, 5.41) is 12.9. The van der Waals surface area contributed by atoms with Crippen LogP contribution in [0.3, 0.4) is 0 Å². The minimum atomic E-state index is -0.806. The molecular formula is C13H16N2O3S. The number of nitrogens with zero attached hydrogens (tertiary/aromatic N) is 2. The van der Waals surface area contributed by atoms with E-state index < -0.39 is 5.97 Å². The van der Waals surface area contributed by atoms with Gasteiger partial charge in [0.15, 0.2) is 0 Å². The lowest BCUT2D eigenvalue weighted by Gasteiger charge is -2.40. The third kappa shape index (κ3) is 2.58. The molecule has 0 aromatic carbocycles. The molecule has 1 aromatic rings. The van der Waals surface area contributed by atoms with E-state index in [0.717, 1.165) is 18.4 Å². The molecule has 1 aromatic heterocycles. The third-order valence-corrected chi connectivity index (χ3v) is 4.40. The summed E-state index contributed by atoms with van der Waals surface area (Å²) in [6.45, 7) is 1.34. The fourth-order valence-electron chi connectivity index (χ4n) is 2.29. The number of hydrogen-bond donors (Lipinski definition) is 1. The summed E-state index contributed by atoms with van der Waals surface area (Å²) in [5.41, 5.74) is 1.15. The number of carboxylic acids is 1. The average molecular weight is 280 g/mol. The first-order valence-corrected chi connectivity index (χ1v) is 7.39. The van der Waals surface area contributed by atoms with Crippen molar-refractivity contribution in [3.8, 4) is 0 Å². The molecule has 1 N–H and O–H groups in total. The highest BCUT2D eigenvalue weighted by atomic mass is 32.1. The maximum atomic E-state index is 12.4. The summed E-state index contributed by atoms with van der Waals surface area (Å²) in [5.74, 6) is -1.19. The molecule has 1 aliphatic carbocycles. The molecule has 1 aliphatic heterocycles. The fraction of sp³-hybridized carbons (Fsp3) is 0.538. The Morgan fingerprint density at radius 2 is 2.16 bits per heavy atom. The average Bonchev–Trinajstić information content (AvgIpc) is 3.01. The number of carbonyl (C=O) groups excluding carboxylic acids is 1. The Morgan fingerprint density at radius 1 is 1.42 bits per heavy atom. The van der Waals surface area contributed by atoms with Gasteiger partial charge in [-0.15, -0.1) is 0 Å². The van der Waals surface area contributed by atoms with Gasteiger partial charge >= 0.3 is 12.0 Å². The number of amides is 2. The standard InChI is InChI=1S/C13H16N2O3S/c16-12(17)10-6-14(7-10)13(18)15(11-1-2-11)5-9-3-4-19-8-9/h3-4,8,10-11H,1-2,5-7H2,(H,16,17). The van der Waals surface area contributed by atoms with Gasteiger partial charge in [-0.05, 0) is 35.2 Å². The second-order valence-corrected chi connectivity index (χ2v) is 5.99. The summed E-state index contributed by atoms with van der Waals surface area (Å²) in [7, 11) is 0. The van der Waals surface area contributed by atoms with Gasteiger partial charge < -0.3 is 14.9 Å². The lowest BCUT2D eigenvalue weighted by atomic mass is 10.0. The highest BCUT2D eigenvalue weighted by molar-refractivity contribution is 7.07. The van der Waals surface area contributed by atoms with Crippen LogP contribution in [-0.4, -0.2) is 46.0 Å². The van der Waals surface area contributed by atoms with Gasteiger partial charge in [0.05, 0.1) is 5.92 Å². The first kappa shape index (κ1) is 12.5. The molecule has 0 spiro atoms. The van der Waals surface area contributed by atoms with Crippen molar-refractivity contribution in [1.82, 2.24) is 9.80 Å². The quantitative estimate of drug-likeness (QED) is 0.915. The van der Waals surface area contributed by atoms with Crippen LogP contribution in [0.5, 0.6) is 0 Å². The summed E-state index contributed by atoms with van der Waals surface area (Å²) >= 11 is 1.63. The number of urea groups is 1. The molecule has 5 nitrogen and oxygen atoms in total. The number of thiophene rings is 1. The van der Waals surface area contributed by atoms with E-state index in [0.29, 0.717) is 25.7 Å². The number of aliphatic carboxylic acids is 1. The molecule has 1 saturated carbocycles. The molecular weight excluding hydrogens is 264 g/mol. The Morgan fingerprint density at radius 3 is 2.68 bits per heavy atom. The molecule has 6 heteroatoms. The third-order valence-electron chi connectivity index (χ3n) is 3.67. The van der Waals surface area contributed by atoms with E-state index in [2.05, 4.69) is 5.38 Å². The number of hydrogen-bond acceptors (Lipinski definition) is 3. The van der Waals surface area contributed by atoms with Crippen LogP contribution < -0.4 is 0 Å². The SMILES string of the molecule is O=C(O)C1CN(C(=O)N(Cc2ccsc2)C2CC2)C1. The van der Waals surface area contributed by atoms with Crippen molar-refractivity contribution in [2.45, 2.75) is 25.4 Å². The van der Waals surface area contributed by atoms with Crippen LogP contribution in [-0.2, 0) is 11.3 Å². The van der Waals surface area contributed by atoms with Crippen molar-refractivity contribution in [1.29, 1.82) is 0 Å². The van der Waals surface area contributed by atoms with Gasteiger partial charge in [0, 0.05) is 25.7 Å². The van der Waals surface area contributed by atoms with Crippen molar-refractivity contribution >= 4 is 23.3 Å². The molecule has 0 atom stereocenters. The maximum Gasteiger partial charge on any atom is 0.320 e. The molecule has 2 fully saturated rings. The van der Waals surface area contributed by atoms with E-state index in [1.807, 2.05) is 16.3 Å². The Labute approximate surface area is 115 Å². The molecule has 2 aliphatic rings. The van der Waals surface area contributed by atoms with E-state index in [4.69, 9.17) is 5.11 Å². The molecule has 1 saturated heterocycles. The minimum absolute atomic E-state index is 0.00815. The van der Waals surface area contributed by atoms with Crippen molar-refractivity contribution in [3.05, 3.63) is 22.4 Å². The first-order valence-electron chi connectivity index (χ1n) is 6.44. The largest absolute Gasteiger partial charge is 0.481 e. The molecule has 0 unspecified atom stereocenters. The Bertz CT molecular complexity index is 478. The summed E-state index contributed by atoms with van der Waals surface area (Å²) in [4.78, 5) is 26.7. The van der Waals surface area contributed by atoms with Crippen LogP contribution in [0.25, 0.3) is 0 Å².